The molecule has 10 heteroatoms. The molecule has 0 radical (unpaired) electrons. The molecule has 1 fully saturated rings. The Kier molecular flexibility index (Phi) is 4.78. The molecule has 1 aliphatic heterocycles. The number of nitrogens with zero attached hydrogens (tertiary/aromatic N) is 2. The first kappa shape index (κ1) is 18.2. The van der Waals surface area contributed by atoms with E-state index in [-0.39, 0.29) is 23.2 Å². The van der Waals surface area contributed by atoms with E-state index in [1.54, 1.807) is 12.1 Å². The third-order valence-electron chi connectivity index (χ3n) is 3.75. The average molecular weight is 392 g/mol. The highest BCUT2D eigenvalue weighted by Crippen LogP contribution is 2.31. The Balaban J connectivity index is 1.59. The van der Waals surface area contributed by atoms with Gasteiger partial charge in [0.2, 0.25) is 5.88 Å². The Morgan fingerprint density at radius 2 is 2.00 bits per heavy atom. The maximum Gasteiger partial charge on any atom is 0.417 e. The van der Waals surface area contributed by atoms with Crippen LogP contribution in [0.5, 0.6) is 5.88 Å². The lowest BCUT2D eigenvalue weighted by Crippen LogP contribution is -2.55. The van der Waals surface area contributed by atoms with Gasteiger partial charge >= 0.3 is 6.18 Å². The maximum absolute atomic E-state index is 12.5. The fourth-order valence-corrected chi connectivity index (χ4v) is 5.23. The highest BCUT2D eigenvalue weighted by atomic mass is 32.2. The van der Waals surface area contributed by atoms with Crippen molar-refractivity contribution >= 4 is 21.4 Å². The van der Waals surface area contributed by atoms with E-state index in [4.69, 9.17) is 4.74 Å². The second-order valence-corrected chi connectivity index (χ2v) is 8.85. The molecule has 0 aromatic carbocycles. The Hall–Kier alpha value is -1.65. The minimum absolute atomic E-state index is 0.0411. The zero-order chi connectivity index (χ0) is 18.2. The van der Waals surface area contributed by atoms with Gasteiger partial charge in [-0.15, -0.1) is 11.3 Å². The summed E-state index contributed by atoms with van der Waals surface area (Å²) in [6, 6.07) is 5.39. The average Bonchev–Trinajstić information content (AvgIpc) is 2.99. The standard InChI is InChI=1S/C15H15F3N2O3S2/c1-2-12-4-6-14(24-12)25(21,22)20-8-11(9-20)23-13-5-3-10(7-19-13)15(16,17)18/h3-7,11H,2,8-9H2,1H3. The summed E-state index contributed by atoms with van der Waals surface area (Å²) in [6.07, 6.45) is -3.42. The predicted molar refractivity (Wildman–Crippen MR) is 86.1 cm³/mol. The molecule has 0 spiro atoms. The van der Waals surface area contributed by atoms with Crippen molar-refractivity contribution in [2.45, 2.75) is 29.8 Å². The van der Waals surface area contributed by atoms with E-state index in [0.717, 1.165) is 23.4 Å². The van der Waals surface area contributed by atoms with Gasteiger partial charge in [0.05, 0.1) is 18.7 Å². The molecule has 3 heterocycles. The zero-order valence-electron chi connectivity index (χ0n) is 13.2. The van der Waals surface area contributed by atoms with Crippen LogP contribution in [0.15, 0.2) is 34.7 Å². The first-order valence-electron chi connectivity index (χ1n) is 7.49. The number of thiophene rings is 1. The summed E-state index contributed by atoms with van der Waals surface area (Å²) in [5.41, 5.74) is -0.859. The summed E-state index contributed by atoms with van der Waals surface area (Å²) in [6.45, 7) is 2.24. The van der Waals surface area contributed by atoms with Gasteiger partial charge in [-0.2, -0.15) is 17.5 Å². The van der Waals surface area contributed by atoms with Crippen molar-refractivity contribution in [2.24, 2.45) is 0 Å². The molecule has 2 aromatic heterocycles. The number of sulfonamides is 1. The van der Waals surface area contributed by atoms with E-state index in [1.807, 2.05) is 6.92 Å². The van der Waals surface area contributed by atoms with Gasteiger partial charge in [-0.05, 0) is 24.6 Å². The number of aryl methyl sites for hydroxylation is 1. The maximum atomic E-state index is 12.5. The summed E-state index contributed by atoms with van der Waals surface area (Å²) >= 11 is 1.24. The van der Waals surface area contributed by atoms with Gasteiger partial charge in [-0.3, -0.25) is 0 Å². The van der Waals surface area contributed by atoms with Crippen LogP contribution in [-0.4, -0.2) is 36.9 Å². The van der Waals surface area contributed by atoms with Gasteiger partial charge in [0.25, 0.3) is 10.0 Å². The Labute approximate surface area is 147 Å². The molecule has 0 amide bonds. The van der Waals surface area contributed by atoms with Gasteiger partial charge in [0, 0.05) is 17.1 Å². The number of pyridine rings is 1. The zero-order valence-corrected chi connectivity index (χ0v) is 14.8. The first-order chi connectivity index (χ1) is 11.7. The molecule has 0 atom stereocenters. The molecule has 3 rings (SSSR count). The fourth-order valence-electron chi connectivity index (χ4n) is 2.27. The molecule has 136 valence electrons. The Morgan fingerprint density at radius 3 is 2.52 bits per heavy atom. The lowest BCUT2D eigenvalue weighted by Gasteiger charge is -2.37. The monoisotopic (exact) mass is 392 g/mol. The van der Waals surface area contributed by atoms with E-state index in [1.165, 1.54) is 15.6 Å². The lowest BCUT2D eigenvalue weighted by molar-refractivity contribution is -0.137. The van der Waals surface area contributed by atoms with Gasteiger partial charge < -0.3 is 4.74 Å². The van der Waals surface area contributed by atoms with Crippen LogP contribution in [0.1, 0.15) is 17.4 Å². The van der Waals surface area contributed by atoms with Crippen molar-refractivity contribution in [3.8, 4) is 5.88 Å². The molecule has 0 bridgehead atoms. The van der Waals surface area contributed by atoms with Gasteiger partial charge in [-0.1, -0.05) is 6.92 Å². The number of hydrogen-bond acceptors (Lipinski definition) is 5. The van der Waals surface area contributed by atoms with Crippen molar-refractivity contribution in [3.05, 3.63) is 40.9 Å². The van der Waals surface area contributed by atoms with Crippen LogP contribution < -0.4 is 4.74 Å². The third kappa shape index (κ3) is 3.80. The Morgan fingerprint density at radius 1 is 1.28 bits per heavy atom. The predicted octanol–water partition coefficient (Wildman–Crippen LogP) is 3.18. The minimum Gasteiger partial charge on any atom is -0.472 e. The number of halogens is 3. The smallest absolute Gasteiger partial charge is 0.417 e. The summed E-state index contributed by atoms with van der Waals surface area (Å²) in [5.74, 6) is 0.0411. The molecule has 1 aliphatic rings. The third-order valence-corrected chi connectivity index (χ3v) is 7.27. The van der Waals surface area contributed by atoms with Gasteiger partial charge in [0.15, 0.2) is 0 Å². The largest absolute Gasteiger partial charge is 0.472 e. The molecule has 5 nitrogen and oxygen atoms in total. The second-order valence-electron chi connectivity index (χ2n) is 5.52. The van der Waals surface area contributed by atoms with Crippen LogP contribution in [0.4, 0.5) is 13.2 Å². The van der Waals surface area contributed by atoms with Crippen molar-refractivity contribution in [1.82, 2.24) is 9.29 Å². The molecular weight excluding hydrogens is 377 g/mol. The van der Waals surface area contributed by atoms with Crippen LogP contribution in [0.2, 0.25) is 0 Å². The lowest BCUT2D eigenvalue weighted by atomic mass is 10.2. The molecule has 1 saturated heterocycles. The van der Waals surface area contributed by atoms with Crippen LogP contribution in [0, 0.1) is 0 Å². The number of hydrogen-bond donors (Lipinski definition) is 0. The second kappa shape index (κ2) is 6.58. The normalized spacial score (nSPS) is 16.6. The molecule has 0 unspecified atom stereocenters. The molecule has 0 aliphatic carbocycles. The van der Waals surface area contributed by atoms with E-state index in [9.17, 15) is 21.6 Å². The summed E-state index contributed by atoms with van der Waals surface area (Å²) in [7, 11) is -3.54. The number of rotatable bonds is 5. The number of ether oxygens (including phenoxy) is 1. The number of alkyl halides is 3. The van der Waals surface area contributed by atoms with Crippen molar-refractivity contribution in [1.29, 1.82) is 0 Å². The highest BCUT2D eigenvalue weighted by molar-refractivity contribution is 7.91. The van der Waals surface area contributed by atoms with Crippen LogP contribution in [0.3, 0.4) is 0 Å². The molecular formula is C15H15F3N2O3S2. The van der Waals surface area contributed by atoms with Crippen LogP contribution in [0.25, 0.3) is 0 Å². The van der Waals surface area contributed by atoms with E-state index in [2.05, 4.69) is 4.98 Å². The van der Waals surface area contributed by atoms with Crippen molar-refractivity contribution < 1.29 is 26.3 Å². The molecule has 0 N–H and O–H groups in total. The van der Waals surface area contributed by atoms with Gasteiger partial charge in [0.1, 0.15) is 10.3 Å². The topological polar surface area (TPSA) is 59.5 Å². The van der Waals surface area contributed by atoms with Crippen molar-refractivity contribution in [2.75, 3.05) is 13.1 Å². The molecule has 25 heavy (non-hydrogen) atoms. The highest BCUT2D eigenvalue weighted by Gasteiger charge is 2.39. The van der Waals surface area contributed by atoms with E-state index < -0.39 is 27.9 Å². The summed E-state index contributed by atoms with van der Waals surface area (Å²) in [5, 5.41) is 0. The summed E-state index contributed by atoms with van der Waals surface area (Å²) in [4.78, 5) is 4.61. The Bertz CT molecular complexity index is 842. The van der Waals surface area contributed by atoms with E-state index in [0.29, 0.717) is 6.20 Å². The van der Waals surface area contributed by atoms with E-state index >= 15 is 0 Å². The summed E-state index contributed by atoms with van der Waals surface area (Å²) < 4.78 is 69.3. The number of aromatic nitrogens is 1. The quantitative estimate of drug-likeness (QED) is 0.784. The fraction of sp³-hybridized carbons (Fsp3) is 0.400. The molecule has 2 aromatic rings. The minimum atomic E-state index is -4.45. The SMILES string of the molecule is CCc1ccc(S(=O)(=O)N2CC(Oc3ccc(C(F)(F)F)cn3)C2)s1. The van der Waals surface area contributed by atoms with Gasteiger partial charge in [-0.25, -0.2) is 13.4 Å². The first-order valence-corrected chi connectivity index (χ1v) is 9.74. The van der Waals surface area contributed by atoms with Crippen LogP contribution in [-0.2, 0) is 22.6 Å². The molecule has 0 saturated carbocycles. The van der Waals surface area contributed by atoms with Crippen molar-refractivity contribution in [3.63, 3.8) is 0 Å². The van der Waals surface area contributed by atoms with Crippen LogP contribution >= 0.6 is 11.3 Å².